The van der Waals surface area contributed by atoms with Crippen molar-refractivity contribution in [3.63, 3.8) is 0 Å². The van der Waals surface area contributed by atoms with Crippen molar-refractivity contribution in [2.75, 3.05) is 6.61 Å². The Balaban J connectivity index is 2.83. The lowest BCUT2D eigenvalue weighted by Crippen LogP contribution is -2.21. The zero-order chi connectivity index (χ0) is 14.5. The zero-order valence-corrected chi connectivity index (χ0v) is 12.3. The van der Waals surface area contributed by atoms with Crippen LogP contribution < -0.4 is 5.32 Å². The Morgan fingerprint density at radius 1 is 1.42 bits per heavy atom. The van der Waals surface area contributed by atoms with E-state index in [4.69, 9.17) is 16.3 Å². The van der Waals surface area contributed by atoms with E-state index >= 15 is 0 Å². The smallest absolute Gasteiger partial charge is 0.207 e. The lowest BCUT2D eigenvalue weighted by Gasteiger charge is -2.20. The van der Waals surface area contributed by atoms with Crippen molar-refractivity contribution < 1.29 is 14.6 Å². The highest BCUT2D eigenvalue weighted by atomic mass is 35.5. The summed E-state index contributed by atoms with van der Waals surface area (Å²) in [4.78, 5) is 10.4. The van der Waals surface area contributed by atoms with Gasteiger partial charge >= 0.3 is 0 Å². The number of nitrogens with one attached hydrogen (secondary N) is 1. The number of phenols is 1. The average molecular weight is 286 g/mol. The molecule has 1 aromatic carbocycles. The average Bonchev–Trinajstić information content (AvgIpc) is 2.32. The van der Waals surface area contributed by atoms with E-state index in [0.29, 0.717) is 31.0 Å². The summed E-state index contributed by atoms with van der Waals surface area (Å²) in [5.41, 5.74) is 1.47. The predicted octanol–water partition coefficient (Wildman–Crippen LogP) is 2.65. The molecule has 0 fully saturated rings. The molecule has 0 spiro atoms. The van der Waals surface area contributed by atoms with E-state index < -0.39 is 0 Å². The van der Waals surface area contributed by atoms with E-state index in [-0.39, 0.29) is 11.4 Å². The molecule has 2 N–H and O–H groups in total. The second-order valence-corrected chi connectivity index (χ2v) is 5.62. The molecule has 1 rings (SSSR count). The monoisotopic (exact) mass is 285 g/mol. The van der Waals surface area contributed by atoms with Gasteiger partial charge in [0.25, 0.3) is 0 Å². The number of hydrogen-bond donors (Lipinski definition) is 2. The maximum Gasteiger partial charge on any atom is 0.207 e. The molecule has 1 aromatic rings. The number of phenolic OH excluding ortho intramolecular Hbond substituents is 1. The fourth-order valence-electron chi connectivity index (χ4n) is 1.70. The second-order valence-electron chi connectivity index (χ2n) is 5.25. The van der Waals surface area contributed by atoms with Crippen LogP contribution in [0.4, 0.5) is 0 Å². The van der Waals surface area contributed by atoms with Gasteiger partial charge in [-0.3, -0.25) is 4.79 Å². The molecule has 0 radical (unpaired) electrons. The van der Waals surface area contributed by atoms with Crippen molar-refractivity contribution in [2.45, 2.75) is 39.3 Å². The number of benzene rings is 1. The topological polar surface area (TPSA) is 58.6 Å². The van der Waals surface area contributed by atoms with Crippen molar-refractivity contribution >= 4 is 18.0 Å². The fraction of sp³-hybridized carbons (Fsp3) is 0.500. The fourth-order valence-corrected chi connectivity index (χ4v) is 1.97. The van der Waals surface area contributed by atoms with Crippen LogP contribution in [-0.4, -0.2) is 23.7 Å². The molecular weight excluding hydrogens is 266 g/mol. The van der Waals surface area contributed by atoms with Gasteiger partial charge in [0.1, 0.15) is 5.75 Å². The predicted molar refractivity (Wildman–Crippen MR) is 75.4 cm³/mol. The van der Waals surface area contributed by atoms with E-state index in [1.807, 2.05) is 20.8 Å². The van der Waals surface area contributed by atoms with Crippen LogP contribution >= 0.6 is 11.6 Å². The number of carbonyl (C=O) groups excluding carboxylic acids is 1. The molecule has 0 aliphatic rings. The number of amides is 1. The molecule has 0 saturated carbocycles. The molecule has 0 aromatic heterocycles. The van der Waals surface area contributed by atoms with Gasteiger partial charge in [0, 0.05) is 6.54 Å². The molecule has 106 valence electrons. The minimum atomic E-state index is -0.218. The van der Waals surface area contributed by atoms with Crippen LogP contribution in [0.3, 0.4) is 0 Å². The van der Waals surface area contributed by atoms with Crippen LogP contribution in [0.1, 0.15) is 31.9 Å². The van der Waals surface area contributed by atoms with Gasteiger partial charge in [-0.05, 0) is 44.4 Å². The van der Waals surface area contributed by atoms with Gasteiger partial charge in [-0.2, -0.15) is 0 Å². The third kappa shape index (κ3) is 5.09. The van der Waals surface area contributed by atoms with Gasteiger partial charge in [-0.25, -0.2) is 0 Å². The summed E-state index contributed by atoms with van der Waals surface area (Å²) in [5.74, 6) is 0.0438. The highest BCUT2D eigenvalue weighted by Crippen LogP contribution is 2.30. The van der Waals surface area contributed by atoms with Gasteiger partial charge in [0.05, 0.1) is 17.2 Å². The Hall–Kier alpha value is -1.26. The van der Waals surface area contributed by atoms with Crippen LogP contribution in [-0.2, 0) is 22.5 Å². The van der Waals surface area contributed by atoms with E-state index in [1.165, 1.54) is 6.07 Å². The third-order valence-corrected chi connectivity index (χ3v) is 3.00. The Labute approximate surface area is 118 Å². The zero-order valence-electron chi connectivity index (χ0n) is 11.5. The van der Waals surface area contributed by atoms with Crippen LogP contribution in [0.25, 0.3) is 0 Å². The largest absolute Gasteiger partial charge is 0.506 e. The van der Waals surface area contributed by atoms with E-state index in [2.05, 4.69) is 5.32 Å². The summed E-state index contributed by atoms with van der Waals surface area (Å²) < 4.78 is 5.66. The molecule has 1 amide bonds. The number of hydrogen-bond acceptors (Lipinski definition) is 3. The standard InChI is InChI=1S/C14H20ClNO3/c1-14(2,3)19-7-6-11-10(8-16-9-17)4-5-12(18)13(11)15/h4-5,9,18H,6-8H2,1-3H3,(H,16,17). The van der Waals surface area contributed by atoms with Crippen LogP contribution in [0.15, 0.2) is 12.1 Å². The Morgan fingerprint density at radius 3 is 2.68 bits per heavy atom. The molecule has 0 heterocycles. The normalized spacial score (nSPS) is 11.4. The van der Waals surface area contributed by atoms with Crippen LogP contribution in [0, 0.1) is 0 Å². The summed E-state index contributed by atoms with van der Waals surface area (Å²) in [5, 5.41) is 12.6. The van der Waals surface area contributed by atoms with Gasteiger partial charge in [-0.1, -0.05) is 17.7 Å². The van der Waals surface area contributed by atoms with Gasteiger partial charge < -0.3 is 15.2 Å². The molecule has 0 aliphatic carbocycles. The second kappa shape index (κ2) is 6.78. The molecule has 0 unspecified atom stereocenters. The number of aromatic hydroxyl groups is 1. The van der Waals surface area contributed by atoms with Gasteiger partial charge in [-0.15, -0.1) is 0 Å². The highest BCUT2D eigenvalue weighted by molar-refractivity contribution is 6.32. The molecule has 5 heteroatoms. The minimum Gasteiger partial charge on any atom is -0.506 e. The van der Waals surface area contributed by atoms with E-state index in [9.17, 15) is 9.90 Å². The van der Waals surface area contributed by atoms with Crippen molar-refractivity contribution in [3.05, 3.63) is 28.3 Å². The third-order valence-electron chi connectivity index (χ3n) is 2.58. The molecule has 4 nitrogen and oxygen atoms in total. The SMILES string of the molecule is CC(C)(C)OCCc1c(CNC=O)ccc(O)c1Cl. The molecule has 0 atom stereocenters. The Kier molecular flexibility index (Phi) is 5.63. The summed E-state index contributed by atoms with van der Waals surface area (Å²) >= 11 is 6.11. The summed E-state index contributed by atoms with van der Waals surface area (Å²) in [6, 6.07) is 3.28. The van der Waals surface area contributed by atoms with Crippen molar-refractivity contribution in [1.29, 1.82) is 0 Å². The van der Waals surface area contributed by atoms with Crippen LogP contribution in [0.2, 0.25) is 5.02 Å². The van der Waals surface area contributed by atoms with Crippen LogP contribution in [0.5, 0.6) is 5.75 Å². The molecule has 19 heavy (non-hydrogen) atoms. The Bertz CT molecular complexity index is 441. The lowest BCUT2D eigenvalue weighted by atomic mass is 10.0. The van der Waals surface area contributed by atoms with E-state index in [1.54, 1.807) is 6.07 Å². The number of carbonyl (C=O) groups is 1. The van der Waals surface area contributed by atoms with Crippen molar-refractivity contribution in [1.82, 2.24) is 5.32 Å². The molecule has 0 bridgehead atoms. The highest BCUT2D eigenvalue weighted by Gasteiger charge is 2.14. The molecular formula is C14H20ClNO3. The van der Waals surface area contributed by atoms with Crippen molar-refractivity contribution in [2.24, 2.45) is 0 Å². The van der Waals surface area contributed by atoms with Crippen molar-refractivity contribution in [3.8, 4) is 5.75 Å². The number of rotatable bonds is 6. The number of ether oxygens (including phenoxy) is 1. The quantitative estimate of drug-likeness (QED) is 0.790. The maximum absolute atomic E-state index is 10.4. The first-order valence-electron chi connectivity index (χ1n) is 6.15. The minimum absolute atomic E-state index is 0.0438. The first kappa shape index (κ1) is 15.8. The molecule has 0 aliphatic heterocycles. The maximum atomic E-state index is 10.4. The first-order valence-corrected chi connectivity index (χ1v) is 6.53. The summed E-state index contributed by atoms with van der Waals surface area (Å²) in [7, 11) is 0. The summed E-state index contributed by atoms with van der Waals surface area (Å²) in [6.07, 6.45) is 1.22. The van der Waals surface area contributed by atoms with Gasteiger partial charge in [0.15, 0.2) is 0 Å². The van der Waals surface area contributed by atoms with Gasteiger partial charge in [0.2, 0.25) is 6.41 Å². The molecule has 0 saturated heterocycles. The Morgan fingerprint density at radius 2 is 2.11 bits per heavy atom. The summed E-state index contributed by atoms with van der Waals surface area (Å²) in [6.45, 7) is 6.82. The number of halogens is 1. The van der Waals surface area contributed by atoms with E-state index in [0.717, 1.165) is 11.1 Å². The lowest BCUT2D eigenvalue weighted by molar-refractivity contribution is -0.109. The first-order chi connectivity index (χ1) is 8.85.